The third-order valence-corrected chi connectivity index (χ3v) is 1.94. The Kier molecular flexibility index (Phi) is 2.92. The number of hydrogen-bond donors (Lipinski definition) is 1. The zero-order valence-corrected chi connectivity index (χ0v) is 8.47. The average molecular weight is 204 g/mol. The van der Waals surface area contributed by atoms with Gasteiger partial charge >= 0.3 is 0 Å². The van der Waals surface area contributed by atoms with Crippen LogP contribution in [0.4, 0.5) is 5.82 Å². The van der Waals surface area contributed by atoms with Gasteiger partial charge in [0.1, 0.15) is 5.82 Å². The quantitative estimate of drug-likeness (QED) is 0.816. The molecule has 0 unspecified atom stereocenters. The number of rotatable bonds is 4. The monoisotopic (exact) mass is 204 g/mol. The molecule has 0 atom stereocenters. The van der Waals surface area contributed by atoms with E-state index >= 15 is 0 Å². The van der Waals surface area contributed by atoms with Crippen molar-refractivity contribution < 1.29 is 4.52 Å². The van der Waals surface area contributed by atoms with Crippen LogP contribution in [0.1, 0.15) is 11.6 Å². The molecule has 0 fully saturated rings. The van der Waals surface area contributed by atoms with Gasteiger partial charge < -0.3 is 9.84 Å². The lowest BCUT2D eigenvalue weighted by molar-refractivity contribution is 0.379. The topological polar surface area (TPSA) is 63.8 Å². The lowest BCUT2D eigenvalue weighted by atomic mass is 10.3. The molecular weight excluding hydrogens is 192 g/mol. The second kappa shape index (κ2) is 4.54. The minimum atomic E-state index is 0.634. The van der Waals surface area contributed by atoms with Crippen LogP contribution < -0.4 is 5.32 Å². The van der Waals surface area contributed by atoms with Crippen molar-refractivity contribution in [2.24, 2.45) is 0 Å². The van der Waals surface area contributed by atoms with Crippen molar-refractivity contribution in [3.05, 3.63) is 36.1 Å². The van der Waals surface area contributed by atoms with E-state index in [9.17, 15) is 0 Å². The molecular formula is C10H12N4O. The first-order valence-electron chi connectivity index (χ1n) is 4.78. The maximum atomic E-state index is 4.87. The number of anilines is 1. The van der Waals surface area contributed by atoms with E-state index in [0.29, 0.717) is 12.3 Å². The molecule has 0 spiro atoms. The highest BCUT2D eigenvalue weighted by Crippen LogP contribution is 2.03. The first kappa shape index (κ1) is 9.64. The van der Waals surface area contributed by atoms with E-state index in [4.69, 9.17) is 4.52 Å². The fourth-order valence-electron chi connectivity index (χ4n) is 1.25. The lowest BCUT2D eigenvalue weighted by Gasteiger charge is -2.03. The molecule has 1 N–H and O–H groups in total. The molecule has 5 heteroatoms. The van der Waals surface area contributed by atoms with Crippen molar-refractivity contribution in [1.29, 1.82) is 0 Å². The number of nitrogens with zero attached hydrogens (tertiary/aromatic N) is 3. The molecule has 0 aliphatic rings. The Balaban J connectivity index is 1.83. The summed E-state index contributed by atoms with van der Waals surface area (Å²) in [6, 6.07) is 5.86. The second-order valence-electron chi connectivity index (χ2n) is 3.18. The van der Waals surface area contributed by atoms with Gasteiger partial charge in [0, 0.05) is 18.7 Å². The van der Waals surface area contributed by atoms with Gasteiger partial charge in [-0.1, -0.05) is 11.2 Å². The van der Waals surface area contributed by atoms with Gasteiger partial charge in [0.05, 0.1) is 0 Å². The molecule has 5 nitrogen and oxygen atoms in total. The van der Waals surface area contributed by atoms with Gasteiger partial charge in [-0.15, -0.1) is 0 Å². The van der Waals surface area contributed by atoms with Crippen LogP contribution in [-0.4, -0.2) is 21.7 Å². The van der Waals surface area contributed by atoms with Crippen LogP contribution >= 0.6 is 0 Å². The SMILES string of the molecule is Cc1cccc(NCCc2ncno2)n1. The predicted molar refractivity (Wildman–Crippen MR) is 55.5 cm³/mol. The van der Waals surface area contributed by atoms with Crippen molar-refractivity contribution in [3.8, 4) is 0 Å². The summed E-state index contributed by atoms with van der Waals surface area (Å²) in [5, 5.41) is 6.72. The van der Waals surface area contributed by atoms with Crippen LogP contribution in [0.2, 0.25) is 0 Å². The van der Waals surface area contributed by atoms with Crippen LogP contribution in [0.3, 0.4) is 0 Å². The summed E-state index contributed by atoms with van der Waals surface area (Å²) in [6.45, 7) is 2.70. The predicted octanol–water partition coefficient (Wildman–Crippen LogP) is 1.43. The largest absolute Gasteiger partial charge is 0.370 e. The molecule has 2 aromatic heterocycles. The molecule has 0 bridgehead atoms. The van der Waals surface area contributed by atoms with E-state index in [1.165, 1.54) is 6.33 Å². The fourth-order valence-corrected chi connectivity index (χ4v) is 1.25. The zero-order valence-electron chi connectivity index (χ0n) is 8.47. The van der Waals surface area contributed by atoms with Crippen LogP contribution in [0.25, 0.3) is 0 Å². The summed E-state index contributed by atoms with van der Waals surface area (Å²) >= 11 is 0. The molecule has 0 aromatic carbocycles. The Morgan fingerprint density at radius 3 is 3.07 bits per heavy atom. The summed E-state index contributed by atoms with van der Waals surface area (Å²) in [6.07, 6.45) is 2.11. The third-order valence-electron chi connectivity index (χ3n) is 1.94. The van der Waals surface area contributed by atoms with Crippen molar-refractivity contribution in [3.63, 3.8) is 0 Å². The van der Waals surface area contributed by atoms with E-state index in [-0.39, 0.29) is 0 Å². The maximum Gasteiger partial charge on any atom is 0.228 e. The van der Waals surface area contributed by atoms with E-state index in [1.807, 2.05) is 25.1 Å². The molecule has 2 aromatic rings. The summed E-state index contributed by atoms with van der Waals surface area (Å²) in [7, 11) is 0. The standard InChI is InChI=1S/C10H12N4O/c1-8-3-2-4-9(14-8)11-6-5-10-12-7-13-15-10/h2-4,7H,5-6H2,1H3,(H,11,14). The van der Waals surface area contributed by atoms with Gasteiger partial charge in [0.25, 0.3) is 0 Å². The normalized spacial score (nSPS) is 10.2. The van der Waals surface area contributed by atoms with E-state index in [0.717, 1.165) is 18.1 Å². The first-order valence-corrected chi connectivity index (χ1v) is 4.78. The average Bonchev–Trinajstić information content (AvgIpc) is 2.71. The molecule has 0 aliphatic carbocycles. The molecule has 2 heterocycles. The van der Waals surface area contributed by atoms with Crippen LogP contribution in [0, 0.1) is 6.92 Å². The van der Waals surface area contributed by atoms with E-state index < -0.39 is 0 Å². The number of aromatic nitrogens is 3. The van der Waals surface area contributed by atoms with E-state index in [1.54, 1.807) is 0 Å². The molecule has 2 rings (SSSR count). The summed E-state index contributed by atoms with van der Waals surface area (Å²) < 4.78 is 4.87. The van der Waals surface area contributed by atoms with Gasteiger partial charge in [-0.2, -0.15) is 4.98 Å². The van der Waals surface area contributed by atoms with Gasteiger partial charge in [0.15, 0.2) is 6.33 Å². The van der Waals surface area contributed by atoms with Gasteiger partial charge in [0.2, 0.25) is 5.89 Å². The number of hydrogen-bond acceptors (Lipinski definition) is 5. The third kappa shape index (κ3) is 2.77. The van der Waals surface area contributed by atoms with Crippen molar-refractivity contribution in [2.75, 3.05) is 11.9 Å². The van der Waals surface area contributed by atoms with Gasteiger partial charge in [-0.3, -0.25) is 0 Å². The van der Waals surface area contributed by atoms with E-state index in [2.05, 4.69) is 20.4 Å². The Morgan fingerprint density at radius 1 is 1.40 bits per heavy atom. The number of pyridine rings is 1. The number of aryl methyl sites for hydroxylation is 1. The minimum absolute atomic E-state index is 0.634. The van der Waals surface area contributed by atoms with Crippen LogP contribution in [0.5, 0.6) is 0 Å². The van der Waals surface area contributed by atoms with Crippen molar-refractivity contribution >= 4 is 5.82 Å². The molecule has 0 amide bonds. The highest BCUT2D eigenvalue weighted by Gasteiger charge is 1.98. The minimum Gasteiger partial charge on any atom is -0.370 e. The van der Waals surface area contributed by atoms with Crippen LogP contribution in [0.15, 0.2) is 29.0 Å². The molecule has 78 valence electrons. The lowest BCUT2D eigenvalue weighted by Crippen LogP contribution is -2.06. The fraction of sp³-hybridized carbons (Fsp3) is 0.300. The summed E-state index contributed by atoms with van der Waals surface area (Å²) in [4.78, 5) is 8.24. The smallest absolute Gasteiger partial charge is 0.228 e. The summed E-state index contributed by atoms with van der Waals surface area (Å²) in [5.74, 6) is 1.50. The van der Waals surface area contributed by atoms with Crippen molar-refractivity contribution in [2.45, 2.75) is 13.3 Å². The van der Waals surface area contributed by atoms with Crippen molar-refractivity contribution in [1.82, 2.24) is 15.1 Å². The Hall–Kier alpha value is -1.91. The highest BCUT2D eigenvalue weighted by atomic mass is 16.5. The number of nitrogens with one attached hydrogen (secondary N) is 1. The Bertz CT molecular complexity index is 413. The molecule has 0 radical (unpaired) electrons. The Morgan fingerprint density at radius 2 is 2.33 bits per heavy atom. The van der Waals surface area contributed by atoms with Gasteiger partial charge in [-0.25, -0.2) is 4.98 Å². The first-order chi connectivity index (χ1) is 7.34. The van der Waals surface area contributed by atoms with Crippen LogP contribution in [-0.2, 0) is 6.42 Å². The molecule has 0 saturated carbocycles. The molecule has 0 aliphatic heterocycles. The Labute approximate surface area is 87.5 Å². The molecule has 15 heavy (non-hydrogen) atoms. The second-order valence-corrected chi connectivity index (χ2v) is 3.18. The highest BCUT2D eigenvalue weighted by molar-refractivity contribution is 5.34. The maximum absolute atomic E-state index is 4.87. The zero-order chi connectivity index (χ0) is 10.5. The van der Waals surface area contributed by atoms with Gasteiger partial charge in [-0.05, 0) is 19.1 Å². The molecule has 0 saturated heterocycles. The summed E-state index contributed by atoms with van der Waals surface area (Å²) in [5.41, 5.74) is 0.998.